The molecule has 1 unspecified atom stereocenters. The van der Waals surface area contributed by atoms with Gasteiger partial charge < -0.3 is 0 Å². The van der Waals surface area contributed by atoms with Crippen LogP contribution in [0.1, 0.15) is 29.6 Å². The van der Waals surface area contributed by atoms with Crippen LogP contribution in [0, 0.1) is 5.82 Å². The monoisotopic (exact) mass is 393 g/mol. The first kappa shape index (κ1) is 17.5. The molecule has 1 aliphatic rings. The van der Waals surface area contributed by atoms with E-state index < -0.39 is 0 Å². The Labute approximate surface area is 166 Å². The summed E-state index contributed by atoms with van der Waals surface area (Å²) in [5.74, 6) is 0.978. The van der Waals surface area contributed by atoms with Crippen LogP contribution >= 0.6 is 11.3 Å². The highest BCUT2D eigenvalue weighted by atomic mass is 32.1. The van der Waals surface area contributed by atoms with Gasteiger partial charge in [0, 0.05) is 35.8 Å². The second-order valence-corrected chi connectivity index (χ2v) is 8.18. The maximum atomic E-state index is 13.5. The number of nitrogens with zero attached hydrogens (tertiary/aromatic N) is 5. The van der Waals surface area contributed by atoms with Crippen molar-refractivity contribution in [3.63, 3.8) is 0 Å². The number of hydrogen-bond donors (Lipinski definition) is 0. The summed E-state index contributed by atoms with van der Waals surface area (Å²) in [5.41, 5.74) is 2.59. The van der Waals surface area contributed by atoms with Crippen LogP contribution < -0.4 is 0 Å². The van der Waals surface area contributed by atoms with Crippen molar-refractivity contribution in [2.24, 2.45) is 0 Å². The Morgan fingerprint density at radius 2 is 2.14 bits per heavy atom. The third kappa shape index (κ3) is 3.55. The molecule has 28 heavy (non-hydrogen) atoms. The van der Waals surface area contributed by atoms with Crippen molar-refractivity contribution in [3.05, 3.63) is 70.8 Å². The van der Waals surface area contributed by atoms with Gasteiger partial charge in [0.1, 0.15) is 10.8 Å². The smallest absolute Gasteiger partial charge is 0.156 e. The summed E-state index contributed by atoms with van der Waals surface area (Å²) < 4.78 is 15.4. The number of piperidine rings is 1. The van der Waals surface area contributed by atoms with Crippen molar-refractivity contribution in [2.45, 2.75) is 25.3 Å². The fourth-order valence-electron chi connectivity index (χ4n) is 3.84. The first-order valence-electron chi connectivity index (χ1n) is 9.47. The standard InChI is InChI=1S/C21H20FN5S/c22-18-5-1-3-15(11-18)16-6-7-19-24-21(25-27(19)13-16)17-4-2-9-26(12-17)14-20-23-8-10-28-20/h1,3,5-8,10-11,13,17H,2,4,9,12,14H2. The molecule has 0 radical (unpaired) electrons. The first-order chi connectivity index (χ1) is 13.7. The Hall–Kier alpha value is -2.64. The Morgan fingerprint density at radius 3 is 3.00 bits per heavy atom. The van der Waals surface area contributed by atoms with Crippen molar-refractivity contribution in [1.29, 1.82) is 0 Å². The van der Waals surface area contributed by atoms with E-state index in [2.05, 4.69) is 9.88 Å². The Morgan fingerprint density at radius 1 is 1.18 bits per heavy atom. The number of fused-ring (bicyclic) bond motifs is 1. The van der Waals surface area contributed by atoms with Gasteiger partial charge in [0.15, 0.2) is 11.5 Å². The van der Waals surface area contributed by atoms with E-state index >= 15 is 0 Å². The minimum atomic E-state index is -0.237. The topological polar surface area (TPSA) is 46.3 Å². The molecule has 1 aliphatic heterocycles. The van der Waals surface area contributed by atoms with E-state index in [0.29, 0.717) is 5.92 Å². The number of halogens is 1. The zero-order valence-electron chi connectivity index (χ0n) is 15.3. The molecule has 0 N–H and O–H groups in total. The van der Waals surface area contributed by atoms with Crippen LogP contribution in [-0.2, 0) is 6.54 Å². The van der Waals surface area contributed by atoms with Gasteiger partial charge in [0.2, 0.25) is 0 Å². The lowest BCUT2D eigenvalue weighted by atomic mass is 9.97. The van der Waals surface area contributed by atoms with Crippen LogP contribution in [0.3, 0.4) is 0 Å². The lowest BCUT2D eigenvalue weighted by Gasteiger charge is -2.30. The molecule has 0 amide bonds. The molecule has 0 spiro atoms. The second kappa shape index (κ2) is 7.41. The minimum Gasteiger partial charge on any atom is -0.296 e. The summed E-state index contributed by atoms with van der Waals surface area (Å²) in [6.45, 7) is 2.94. The summed E-state index contributed by atoms with van der Waals surface area (Å²) in [6, 6.07) is 10.5. The van der Waals surface area contributed by atoms with E-state index in [-0.39, 0.29) is 5.82 Å². The van der Waals surface area contributed by atoms with Crippen LogP contribution in [0.2, 0.25) is 0 Å². The number of benzene rings is 1. The summed E-state index contributed by atoms with van der Waals surface area (Å²) in [5, 5.41) is 7.93. The summed E-state index contributed by atoms with van der Waals surface area (Å²) in [4.78, 5) is 11.6. The molecule has 1 fully saturated rings. The lowest BCUT2D eigenvalue weighted by Crippen LogP contribution is -2.34. The van der Waals surface area contributed by atoms with Crippen molar-refractivity contribution in [1.82, 2.24) is 24.5 Å². The Bertz CT molecular complexity index is 1090. The van der Waals surface area contributed by atoms with E-state index in [0.717, 1.165) is 60.1 Å². The molecule has 5 nitrogen and oxygen atoms in total. The van der Waals surface area contributed by atoms with Gasteiger partial charge in [-0.05, 0) is 49.2 Å². The molecular weight excluding hydrogens is 373 g/mol. The highest BCUT2D eigenvalue weighted by molar-refractivity contribution is 7.09. The van der Waals surface area contributed by atoms with E-state index in [1.807, 2.05) is 40.5 Å². The summed E-state index contributed by atoms with van der Waals surface area (Å²) in [6.07, 6.45) is 6.03. The predicted octanol–water partition coefficient (Wildman–Crippen LogP) is 4.37. The SMILES string of the molecule is Fc1cccc(-c2ccc3nc(C4CCCN(Cc5nccs5)C4)nn3c2)c1. The fourth-order valence-corrected chi connectivity index (χ4v) is 4.50. The first-order valence-corrected chi connectivity index (χ1v) is 10.4. The van der Waals surface area contributed by atoms with Crippen LogP contribution in [0.15, 0.2) is 54.2 Å². The molecule has 0 aliphatic carbocycles. The average molecular weight is 393 g/mol. The third-order valence-electron chi connectivity index (χ3n) is 5.22. The number of thiazole rings is 1. The van der Waals surface area contributed by atoms with Crippen molar-refractivity contribution in [2.75, 3.05) is 13.1 Å². The third-order valence-corrected chi connectivity index (χ3v) is 5.98. The van der Waals surface area contributed by atoms with Gasteiger partial charge in [-0.1, -0.05) is 12.1 Å². The van der Waals surface area contributed by atoms with Crippen molar-refractivity contribution < 1.29 is 4.39 Å². The normalized spacial score (nSPS) is 18.0. The molecular formula is C21H20FN5S. The van der Waals surface area contributed by atoms with Gasteiger partial charge >= 0.3 is 0 Å². The molecule has 0 bridgehead atoms. The average Bonchev–Trinajstić information content (AvgIpc) is 3.37. The van der Waals surface area contributed by atoms with Gasteiger partial charge in [0.25, 0.3) is 0 Å². The lowest BCUT2D eigenvalue weighted by molar-refractivity contribution is 0.196. The Balaban J connectivity index is 1.38. The van der Waals surface area contributed by atoms with Crippen LogP contribution in [0.25, 0.3) is 16.8 Å². The maximum Gasteiger partial charge on any atom is 0.156 e. The predicted molar refractivity (Wildman–Crippen MR) is 108 cm³/mol. The fraction of sp³-hybridized carbons (Fsp3) is 0.286. The number of aromatic nitrogens is 4. The van der Waals surface area contributed by atoms with E-state index in [1.54, 1.807) is 17.4 Å². The van der Waals surface area contributed by atoms with E-state index in [1.165, 1.54) is 12.1 Å². The molecule has 3 aromatic heterocycles. The summed E-state index contributed by atoms with van der Waals surface area (Å²) in [7, 11) is 0. The molecule has 1 atom stereocenters. The van der Waals surface area contributed by atoms with Gasteiger partial charge in [-0.25, -0.2) is 18.9 Å². The molecule has 4 aromatic rings. The molecule has 5 rings (SSSR count). The van der Waals surface area contributed by atoms with Crippen LogP contribution in [0.5, 0.6) is 0 Å². The molecule has 1 saturated heterocycles. The maximum absolute atomic E-state index is 13.5. The number of rotatable bonds is 4. The Kier molecular flexibility index (Phi) is 4.62. The molecule has 7 heteroatoms. The van der Waals surface area contributed by atoms with Crippen LogP contribution in [-0.4, -0.2) is 37.6 Å². The summed E-state index contributed by atoms with van der Waals surface area (Å²) >= 11 is 1.70. The number of likely N-dealkylation sites (tertiary alicyclic amines) is 1. The van der Waals surface area contributed by atoms with E-state index in [9.17, 15) is 4.39 Å². The zero-order valence-corrected chi connectivity index (χ0v) is 16.1. The minimum absolute atomic E-state index is 0.237. The van der Waals surface area contributed by atoms with Crippen molar-refractivity contribution >= 4 is 17.0 Å². The highest BCUT2D eigenvalue weighted by Gasteiger charge is 2.25. The molecule has 4 heterocycles. The largest absolute Gasteiger partial charge is 0.296 e. The molecule has 1 aromatic carbocycles. The quantitative estimate of drug-likeness (QED) is 0.516. The highest BCUT2D eigenvalue weighted by Crippen LogP contribution is 2.27. The van der Waals surface area contributed by atoms with Gasteiger partial charge in [0.05, 0.1) is 6.54 Å². The van der Waals surface area contributed by atoms with Gasteiger partial charge in [-0.3, -0.25) is 4.90 Å². The zero-order chi connectivity index (χ0) is 18.9. The second-order valence-electron chi connectivity index (χ2n) is 7.20. The molecule has 0 saturated carbocycles. The number of hydrogen-bond acceptors (Lipinski definition) is 5. The van der Waals surface area contributed by atoms with Crippen molar-refractivity contribution in [3.8, 4) is 11.1 Å². The number of pyridine rings is 1. The van der Waals surface area contributed by atoms with Gasteiger partial charge in [-0.15, -0.1) is 11.3 Å². The van der Waals surface area contributed by atoms with Gasteiger partial charge in [-0.2, -0.15) is 5.10 Å². The van der Waals surface area contributed by atoms with E-state index in [4.69, 9.17) is 10.1 Å². The molecule has 142 valence electrons. The van der Waals surface area contributed by atoms with Crippen LogP contribution in [0.4, 0.5) is 4.39 Å².